The van der Waals surface area contributed by atoms with Crippen LogP contribution in [-0.2, 0) is 11.2 Å². The highest BCUT2D eigenvalue weighted by atomic mass is 19.1. The number of aliphatic carboxylic acids is 1. The van der Waals surface area contributed by atoms with Crippen LogP contribution < -0.4 is 4.74 Å². The molecule has 1 aromatic heterocycles. The summed E-state index contributed by atoms with van der Waals surface area (Å²) in [5.41, 5.74) is 1.31. The molecule has 0 aliphatic carbocycles. The number of likely N-dealkylation sites (tertiary alicyclic amines) is 1. The Balaban J connectivity index is 1.39. The number of alkyl halides is 1. The predicted octanol–water partition coefficient (Wildman–Crippen LogP) is 6.95. The molecule has 1 aliphatic heterocycles. The Morgan fingerprint density at radius 1 is 1.15 bits per heavy atom. The standard InChI is InChI=1S/C30H34F4N2O3/c1-19-18-35-27-6-5-21(39-2)16-23(27)29(19)24(32)7-8-30(17-28(37)38)9-12-36(13-10-30)11-3-4-22-25(33)14-20(31)15-26(22)34/h5-6,14-16,18,24H,3-4,7-13,17H2,1-2H3,(H,37,38)/t24-/m1/s1. The van der Waals surface area contributed by atoms with Crippen LogP contribution in [0.25, 0.3) is 10.9 Å². The summed E-state index contributed by atoms with van der Waals surface area (Å²) < 4.78 is 62.1. The van der Waals surface area contributed by atoms with Gasteiger partial charge in [-0.05, 0) is 99.8 Å². The third kappa shape index (κ3) is 6.87. The number of nitrogens with zero attached hydrogens (tertiary/aromatic N) is 2. The monoisotopic (exact) mass is 546 g/mol. The largest absolute Gasteiger partial charge is 0.497 e. The number of pyridine rings is 1. The van der Waals surface area contributed by atoms with E-state index >= 15 is 4.39 Å². The van der Waals surface area contributed by atoms with Crippen molar-refractivity contribution in [3.8, 4) is 5.75 Å². The van der Waals surface area contributed by atoms with Gasteiger partial charge in [0.15, 0.2) is 0 Å². The van der Waals surface area contributed by atoms with Crippen LogP contribution in [0.15, 0.2) is 36.5 Å². The van der Waals surface area contributed by atoms with Crippen molar-refractivity contribution in [2.45, 2.75) is 58.0 Å². The van der Waals surface area contributed by atoms with E-state index in [1.807, 2.05) is 6.92 Å². The molecular formula is C30H34F4N2O3. The number of ether oxygens (including phenoxy) is 1. The molecule has 0 saturated carbocycles. The maximum absolute atomic E-state index is 15.8. The number of piperidine rings is 1. The molecule has 2 aromatic carbocycles. The fourth-order valence-electron chi connectivity index (χ4n) is 5.79. The lowest BCUT2D eigenvalue weighted by Crippen LogP contribution is -2.41. The van der Waals surface area contributed by atoms with Crippen LogP contribution in [0.5, 0.6) is 5.75 Å². The first kappa shape index (κ1) is 28.8. The van der Waals surface area contributed by atoms with E-state index in [0.717, 1.165) is 5.56 Å². The molecule has 5 nitrogen and oxygen atoms in total. The third-order valence-corrected chi connectivity index (χ3v) is 8.01. The molecular weight excluding hydrogens is 512 g/mol. The van der Waals surface area contributed by atoms with Gasteiger partial charge in [-0.15, -0.1) is 0 Å². The molecule has 1 fully saturated rings. The minimum atomic E-state index is -1.29. The van der Waals surface area contributed by atoms with Crippen molar-refractivity contribution in [1.29, 1.82) is 0 Å². The number of carbonyl (C=O) groups is 1. The summed E-state index contributed by atoms with van der Waals surface area (Å²) >= 11 is 0. The summed E-state index contributed by atoms with van der Waals surface area (Å²) in [6.07, 6.45) is 2.76. The zero-order chi connectivity index (χ0) is 28.2. The third-order valence-electron chi connectivity index (χ3n) is 8.01. The van der Waals surface area contributed by atoms with Crippen LogP contribution in [0.2, 0.25) is 0 Å². The average molecular weight is 547 g/mol. The van der Waals surface area contributed by atoms with Crippen molar-refractivity contribution in [2.75, 3.05) is 26.7 Å². The molecule has 3 aromatic rings. The molecule has 9 heteroatoms. The first-order valence-corrected chi connectivity index (χ1v) is 13.3. The van der Waals surface area contributed by atoms with Crippen LogP contribution >= 0.6 is 0 Å². The number of hydrogen-bond donors (Lipinski definition) is 1. The fraction of sp³-hybridized carbons (Fsp3) is 0.467. The van der Waals surface area contributed by atoms with Crippen LogP contribution in [-0.4, -0.2) is 47.7 Å². The molecule has 4 rings (SSSR count). The van der Waals surface area contributed by atoms with Crippen molar-refractivity contribution in [3.05, 3.63) is 70.7 Å². The lowest BCUT2D eigenvalue weighted by atomic mass is 9.71. The van der Waals surface area contributed by atoms with Crippen LogP contribution in [0.3, 0.4) is 0 Å². The molecule has 2 heterocycles. The Hall–Kier alpha value is -3.20. The van der Waals surface area contributed by atoms with Gasteiger partial charge >= 0.3 is 5.97 Å². The Labute approximate surface area is 225 Å². The molecule has 0 bridgehead atoms. The van der Waals surface area contributed by atoms with Crippen molar-refractivity contribution in [1.82, 2.24) is 9.88 Å². The highest BCUT2D eigenvalue weighted by Gasteiger charge is 2.37. The minimum Gasteiger partial charge on any atom is -0.497 e. The van der Waals surface area contributed by atoms with Gasteiger partial charge in [-0.25, -0.2) is 17.6 Å². The van der Waals surface area contributed by atoms with Gasteiger partial charge in [0.2, 0.25) is 0 Å². The highest BCUT2D eigenvalue weighted by Crippen LogP contribution is 2.43. The Morgan fingerprint density at radius 3 is 2.49 bits per heavy atom. The quantitative estimate of drug-likeness (QED) is 0.264. The van der Waals surface area contributed by atoms with E-state index in [2.05, 4.69) is 9.88 Å². The first-order chi connectivity index (χ1) is 18.6. The number of carboxylic acids is 1. The van der Waals surface area contributed by atoms with Gasteiger partial charge in [-0.3, -0.25) is 9.78 Å². The summed E-state index contributed by atoms with van der Waals surface area (Å²) in [4.78, 5) is 18.3. The SMILES string of the molecule is COc1ccc2ncc(C)c([C@H](F)CCC3(CC(=O)O)CCN(CCCc4c(F)cc(F)cc4F)CC3)c2c1. The Bertz CT molecular complexity index is 1300. The van der Waals surface area contributed by atoms with E-state index < -0.39 is 35.0 Å². The molecule has 39 heavy (non-hydrogen) atoms. The number of benzene rings is 2. The second-order valence-corrected chi connectivity index (χ2v) is 10.6. The van der Waals surface area contributed by atoms with Gasteiger partial charge in [-0.1, -0.05) is 0 Å². The number of rotatable bonds is 11. The summed E-state index contributed by atoms with van der Waals surface area (Å²) in [6, 6.07) is 6.73. The molecule has 1 aliphatic rings. The normalized spacial score (nSPS) is 16.4. The molecule has 0 radical (unpaired) electrons. The maximum atomic E-state index is 15.8. The Morgan fingerprint density at radius 2 is 1.85 bits per heavy atom. The van der Waals surface area contributed by atoms with Gasteiger partial charge < -0.3 is 14.7 Å². The van der Waals surface area contributed by atoms with Gasteiger partial charge in [0.25, 0.3) is 0 Å². The van der Waals surface area contributed by atoms with E-state index in [1.165, 1.54) is 0 Å². The Kier molecular flexibility index (Phi) is 9.10. The number of halogens is 4. The molecule has 210 valence electrons. The van der Waals surface area contributed by atoms with Crippen molar-refractivity contribution in [2.24, 2.45) is 5.41 Å². The number of aryl methyl sites for hydroxylation is 1. The number of fused-ring (bicyclic) bond motifs is 1. The number of carboxylic acid groups (broad SMARTS) is 1. The highest BCUT2D eigenvalue weighted by molar-refractivity contribution is 5.85. The van der Waals surface area contributed by atoms with Crippen LogP contribution in [0.4, 0.5) is 17.6 Å². The smallest absolute Gasteiger partial charge is 0.303 e. The maximum Gasteiger partial charge on any atom is 0.303 e. The average Bonchev–Trinajstić information content (AvgIpc) is 2.89. The summed E-state index contributed by atoms with van der Waals surface area (Å²) in [5.74, 6) is -3.01. The molecule has 1 saturated heterocycles. The second-order valence-electron chi connectivity index (χ2n) is 10.6. The van der Waals surface area contributed by atoms with E-state index in [-0.39, 0.29) is 24.8 Å². The van der Waals surface area contributed by atoms with Crippen LogP contribution in [0, 0.1) is 29.8 Å². The van der Waals surface area contributed by atoms with Gasteiger partial charge in [0.1, 0.15) is 29.4 Å². The number of hydrogen-bond acceptors (Lipinski definition) is 4. The van der Waals surface area contributed by atoms with Gasteiger partial charge in [-0.2, -0.15) is 0 Å². The summed E-state index contributed by atoms with van der Waals surface area (Å²) in [6.45, 7) is 3.64. The second kappa shape index (κ2) is 12.3. The van der Waals surface area contributed by atoms with Gasteiger partial charge in [0, 0.05) is 29.3 Å². The fourth-order valence-corrected chi connectivity index (χ4v) is 5.79. The molecule has 0 unspecified atom stereocenters. The van der Waals surface area contributed by atoms with Crippen molar-refractivity contribution in [3.63, 3.8) is 0 Å². The number of methoxy groups -OCH3 is 1. The van der Waals surface area contributed by atoms with E-state index in [1.54, 1.807) is 31.5 Å². The summed E-state index contributed by atoms with van der Waals surface area (Å²) in [5, 5.41) is 10.3. The zero-order valence-corrected chi connectivity index (χ0v) is 22.3. The van der Waals surface area contributed by atoms with Crippen LogP contribution in [0.1, 0.15) is 61.4 Å². The molecule has 1 N–H and O–H groups in total. The molecule has 0 amide bonds. The predicted molar refractivity (Wildman–Crippen MR) is 141 cm³/mol. The topological polar surface area (TPSA) is 62.7 Å². The van der Waals surface area contributed by atoms with Gasteiger partial charge in [0.05, 0.1) is 19.0 Å². The zero-order valence-electron chi connectivity index (χ0n) is 22.3. The van der Waals surface area contributed by atoms with E-state index in [4.69, 9.17) is 4.74 Å². The van der Waals surface area contributed by atoms with Crippen molar-refractivity contribution >= 4 is 16.9 Å². The molecule has 0 spiro atoms. The lowest BCUT2D eigenvalue weighted by molar-refractivity contribution is -0.141. The van der Waals surface area contributed by atoms with Crippen molar-refractivity contribution < 1.29 is 32.2 Å². The van der Waals surface area contributed by atoms with E-state index in [9.17, 15) is 23.1 Å². The lowest BCUT2D eigenvalue weighted by Gasteiger charge is -2.41. The van der Waals surface area contributed by atoms with E-state index in [0.29, 0.717) is 79.7 Å². The number of aromatic nitrogens is 1. The first-order valence-electron chi connectivity index (χ1n) is 13.3. The minimum absolute atomic E-state index is 0.0382. The summed E-state index contributed by atoms with van der Waals surface area (Å²) in [7, 11) is 1.55. The molecule has 1 atom stereocenters.